The first-order valence-electron chi connectivity index (χ1n) is 13.4. The van der Waals surface area contributed by atoms with Gasteiger partial charge in [0.15, 0.2) is 0 Å². The van der Waals surface area contributed by atoms with Crippen molar-refractivity contribution in [3.63, 3.8) is 0 Å². The van der Waals surface area contributed by atoms with E-state index in [1.54, 1.807) is 18.5 Å². The number of benzene rings is 2. The molecule has 0 aliphatic carbocycles. The summed E-state index contributed by atoms with van der Waals surface area (Å²) in [5.41, 5.74) is 6.12. The lowest BCUT2D eigenvalue weighted by atomic mass is 9.88. The number of piperidine rings is 1. The Morgan fingerprint density at radius 3 is 2.34 bits per heavy atom. The van der Waals surface area contributed by atoms with Crippen LogP contribution in [-0.4, -0.2) is 43.3 Å². The predicted molar refractivity (Wildman–Crippen MR) is 146 cm³/mol. The van der Waals surface area contributed by atoms with Crippen LogP contribution in [-0.2, 0) is 4.74 Å². The van der Waals surface area contributed by atoms with E-state index < -0.39 is 0 Å². The zero-order valence-electron chi connectivity index (χ0n) is 21.7. The first-order valence-corrected chi connectivity index (χ1v) is 13.4. The molecule has 2 saturated heterocycles. The lowest BCUT2D eigenvalue weighted by molar-refractivity contribution is 0.0254. The fourth-order valence-electron chi connectivity index (χ4n) is 5.07. The molecular weight excluding hydrogens is 481 g/mol. The molecule has 2 N–H and O–H groups in total. The van der Waals surface area contributed by atoms with E-state index in [-0.39, 0.29) is 23.9 Å². The van der Waals surface area contributed by atoms with Gasteiger partial charge in [0, 0.05) is 19.0 Å². The number of hydrogen-bond acceptors (Lipinski definition) is 5. The molecule has 0 radical (unpaired) electrons. The Labute approximate surface area is 223 Å². The van der Waals surface area contributed by atoms with E-state index in [4.69, 9.17) is 9.47 Å². The minimum atomic E-state index is -0.237. The van der Waals surface area contributed by atoms with Crippen molar-refractivity contribution in [3.05, 3.63) is 101 Å². The topological polar surface area (TPSA) is 72.5 Å². The van der Waals surface area contributed by atoms with Gasteiger partial charge >= 0.3 is 0 Å². The Kier molecular flexibility index (Phi) is 8.46. The number of ether oxygens (including phenoxy) is 2. The van der Waals surface area contributed by atoms with Gasteiger partial charge in [-0.1, -0.05) is 42.0 Å². The number of rotatable bonds is 7. The molecule has 6 nitrogen and oxygen atoms in total. The fraction of sp³-hybridized carbons (Fsp3) is 0.355. The summed E-state index contributed by atoms with van der Waals surface area (Å²) in [6, 6.07) is 16.6. The molecule has 2 aliphatic heterocycles. The molecule has 2 aromatic carbocycles. The highest BCUT2D eigenvalue weighted by Gasteiger charge is 2.19. The zero-order chi connectivity index (χ0) is 26.3. The van der Waals surface area contributed by atoms with Gasteiger partial charge in [0.25, 0.3) is 5.91 Å². The Bertz CT molecular complexity index is 1260. The summed E-state index contributed by atoms with van der Waals surface area (Å²) in [4.78, 5) is 17.2. The van der Waals surface area contributed by atoms with Gasteiger partial charge in [0.05, 0.1) is 31.0 Å². The summed E-state index contributed by atoms with van der Waals surface area (Å²) in [6.07, 6.45) is 6.88. The highest BCUT2D eigenvalue weighted by atomic mass is 19.1. The number of nitrogens with zero attached hydrogens (tertiary/aromatic N) is 1. The zero-order valence-corrected chi connectivity index (χ0v) is 21.7. The number of nitrogens with one attached hydrogen (secondary N) is 2. The van der Waals surface area contributed by atoms with Crippen molar-refractivity contribution in [1.29, 1.82) is 0 Å². The van der Waals surface area contributed by atoms with E-state index >= 15 is 0 Å². The van der Waals surface area contributed by atoms with Crippen molar-refractivity contribution in [2.45, 2.75) is 44.8 Å². The molecule has 198 valence electrons. The minimum Gasteiger partial charge on any atom is -0.489 e. The van der Waals surface area contributed by atoms with Gasteiger partial charge in [-0.25, -0.2) is 4.39 Å². The van der Waals surface area contributed by atoms with Crippen LogP contribution in [0, 0.1) is 5.82 Å². The number of aromatic nitrogens is 1. The molecule has 0 saturated carbocycles. The number of hydrogen-bond donors (Lipinski definition) is 2. The molecule has 38 heavy (non-hydrogen) atoms. The molecule has 0 spiro atoms. The predicted octanol–water partition coefficient (Wildman–Crippen LogP) is 5.45. The van der Waals surface area contributed by atoms with Gasteiger partial charge in [-0.3, -0.25) is 9.78 Å². The third kappa shape index (κ3) is 6.47. The molecule has 3 heterocycles. The molecule has 7 heteroatoms. The molecule has 2 aliphatic rings. The number of pyridine rings is 1. The Balaban J connectivity index is 1.29. The monoisotopic (exact) mass is 515 g/mol. The van der Waals surface area contributed by atoms with Crippen molar-refractivity contribution >= 4 is 11.5 Å². The largest absolute Gasteiger partial charge is 0.489 e. The molecule has 0 unspecified atom stereocenters. The van der Waals surface area contributed by atoms with E-state index in [0.717, 1.165) is 55.5 Å². The van der Waals surface area contributed by atoms with Crippen LogP contribution in [0.2, 0.25) is 0 Å². The molecule has 1 atom stereocenters. The summed E-state index contributed by atoms with van der Waals surface area (Å²) in [6.45, 7) is 5.23. The molecule has 1 aromatic heterocycles. The van der Waals surface area contributed by atoms with E-state index in [1.807, 2.05) is 31.2 Å². The molecule has 3 aromatic rings. The van der Waals surface area contributed by atoms with Crippen LogP contribution in [0.3, 0.4) is 0 Å². The standard InChI is InChI=1S/C31H34FN3O3/c1-21(35-31(36)26-18-29(20-34-19-26)38-28-12-16-37-17-13-28)22-2-4-23(5-3-22)30(25-10-14-33-15-11-25)24-6-8-27(32)9-7-24/h2-9,18-21,28,33H,10-17H2,1H3,(H,35,36)/t21-/m1/s1. The highest BCUT2D eigenvalue weighted by molar-refractivity contribution is 5.94. The summed E-state index contributed by atoms with van der Waals surface area (Å²) >= 11 is 0. The van der Waals surface area contributed by atoms with Crippen LogP contribution in [0.5, 0.6) is 5.75 Å². The molecule has 2 fully saturated rings. The maximum absolute atomic E-state index is 13.6. The average Bonchev–Trinajstić information content (AvgIpc) is 2.96. The van der Waals surface area contributed by atoms with Gasteiger partial charge in [-0.15, -0.1) is 0 Å². The Hall–Kier alpha value is -3.55. The molecule has 5 rings (SSSR count). The first-order chi connectivity index (χ1) is 18.6. The normalized spacial score (nSPS) is 17.1. The van der Waals surface area contributed by atoms with Gasteiger partial charge in [0.2, 0.25) is 0 Å². The number of carbonyl (C=O) groups is 1. The van der Waals surface area contributed by atoms with Crippen LogP contribution in [0.15, 0.2) is 72.6 Å². The van der Waals surface area contributed by atoms with Crippen molar-refractivity contribution in [1.82, 2.24) is 15.6 Å². The van der Waals surface area contributed by atoms with Gasteiger partial charge < -0.3 is 20.1 Å². The lowest BCUT2D eigenvalue weighted by Gasteiger charge is -2.23. The van der Waals surface area contributed by atoms with E-state index in [0.29, 0.717) is 24.5 Å². The second kappa shape index (κ2) is 12.3. The lowest BCUT2D eigenvalue weighted by Crippen LogP contribution is -2.27. The van der Waals surface area contributed by atoms with E-state index in [2.05, 4.69) is 27.8 Å². The Morgan fingerprint density at radius 1 is 1.00 bits per heavy atom. The first kappa shape index (κ1) is 26.1. The molecule has 0 bridgehead atoms. The smallest absolute Gasteiger partial charge is 0.253 e. The van der Waals surface area contributed by atoms with Crippen molar-refractivity contribution in [2.24, 2.45) is 0 Å². The van der Waals surface area contributed by atoms with Crippen LogP contribution in [0.25, 0.3) is 5.57 Å². The van der Waals surface area contributed by atoms with Crippen LogP contribution < -0.4 is 15.4 Å². The number of carbonyl (C=O) groups excluding carboxylic acids is 1. The number of amides is 1. The van der Waals surface area contributed by atoms with E-state index in [1.165, 1.54) is 23.3 Å². The maximum Gasteiger partial charge on any atom is 0.253 e. The third-order valence-corrected chi connectivity index (χ3v) is 7.19. The van der Waals surface area contributed by atoms with Crippen LogP contribution >= 0.6 is 0 Å². The average molecular weight is 516 g/mol. The second-order valence-electron chi connectivity index (χ2n) is 9.89. The van der Waals surface area contributed by atoms with Crippen molar-refractivity contribution < 1.29 is 18.7 Å². The van der Waals surface area contributed by atoms with Crippen molar-refractivity contribution in [3.8, 4) is 5.75 Å². The second-order valence-corrected chi connectivity index (χ2v) is 9.89. The van der Waals surface area contributed by atoms with Crippen LogP contribution in [0.1, 0.15) is 65.7 Å². The highest BCUT2D eigenvalue weighted by Crippen LogP contribution is 2.32. The summed E-state index contributed by atoms with van der Waals surface area (Å²) < 4.78 is 25.0. The van der Waals surface area contributed by atoms with Crippen molar-refractivity contribution in [2.75, 3.05) is 26.3 Å². The molecular formula is C31H34FN3O3. The van der Waals surface area contributed by atoms with E-state index in [9.17, 15) is 9.18 Å². The number of halogens is 1. The van der Waals surface area contributed by atoms with Gasteiger partial charge in [-0.05, 0) is 73.3 Å². The van der Waals surface area contributed by atoms with Gasteiger partial charge in [0.1, 0.15) is 17.7 Å². The SMILES string of the molecule is C[C@@H](NC(=O)c1cncc(OC2CCOCC2)c1)c1ccc(C(=C2CCNCC2)c2ccc(F)cc2)cc1. The fourth-order valence-corrected chi connectivity index (χ4v) is 5.07. The Morgan fingerprint density at radius 2 is 1.66 bits per heavy atom. The summed E-state index contributed by atoms with van der Waals surface area (Å²) in [5.74, 6) is 0.162. The molecule has 1 amide bonds. The quantitative estimate of drug-likeness (QED) is 0.438. The third-order valence-electron chi connectivity index (χ3n) is 7.19. The van der Waals surface area contributed by atoms with Gasteiger partial charge in [-0.2, -0.15) is 0 Å². The maximum atomic E-state index is 13.6. The summed E-state index contributed by atoms with van der Waals surface area (Å²) in [7, 11) is 0. The summed E-state index contributed by atoms with van der Waals surface area (Å²) in [5, 5.41) is 6.49. The minimum absolute atomic E-state index is 0.0842. The van der Waals surface area contributed by atoms with Crippen LogP contribution in [0.4, 0.5) is 4.39 Å².